The Hall–Kier alpha value is -2.32. The molecule has 3 aliphatic rings. The fourth-order valence-corrected chi connectivity index (χ4v) is 5.16. The molecule has 3 aliphatic heterocycles. The van der Waals surface area contributed by atoms with Crippen LogP contribution in [0, 0.1) is 5.41 Å². The van der Waals surface area contributed by atoms with Gasteiger partial charge in [0.2, 0.25) is 5.95 Å². The molecule has 8 heteroatoms. The van der Waals surface area contributed by atoms with E-state index in [4.69, 9.17) is 19.2 Å². The van der Waals surface area contributed by atoms with Gasteiger partial charge in [-0.25, -0.2) is 9.78 Å². The maximum Gasteiger partial charge on any atom is 0.324 e. The quantitative estimate of drug-likeness (QED) is 0.803. The number of fused-ring (bicyclic) bond motifs is 1. The van der Waals surface area contributed by atoms with Crippen molar-refractivity contribution in [3.63, 3.8) is 0 Å². The van der Waals surface area contributed by atoms with Gasteiger partial charge in [0.1, 0.15) is 11.3 Å². The van der Waals surface area contributed by atoms with Crippen LogP contribution in [0.3, 0.4) is 0 Å². The monoisotopic (exact) mass is 414 g/mol. The molecule has 0 bridgehead atoms. The molecule has 162 valence electrons. The number of aromatic amines is 1. The molecular formula is C22H30N4O4. The average molecular weight is 415 g/mol. The van der Waals surface area contributed by atoms with Gasteiger partial charge in [0.15, 0.2) is 0 Å². The van der Waals surface area contributed by atoms with E-state index in [0.29, 0.717) is 11.9 Å². The van der Waals surface area contributed by atoms with Crippen LogP contribution in [0.25, 0.3) is 11.0 Å². The summed E-state index contributed by atoms with van der Waals surface area (Å²) in [6.07, 6.45) is 5.08. The molecule has 0 unspecified atom stereocenters. The third-order valence-electron chi connectivity index (χ3n) is 7.02. The first-order valence-corrected chi connectivity index (χ1v) is 11.0. The van der Waals surface area contributed by atoms with Crippen molar-refractivity contribution in [2.24, 2.45) is 5.41 Å². The van der Waals surface area contributed by atoms with Gasteiger partial charge in [-0.05, 0) is 55.1 Å². The van der Waals surface area contributed by atoms with Crippen LogP contribution in [0.5, 0.6) is 5.75 Å². The number of benzene rings is 1. The smallest absolute Gasteiger partial charge is 0.324 e. The van der Waals surface area contributed by atoms with Crippen LogP contribution in [0.4, 0.5) is 10.7 Å². The first-order chi connectivity index (χ1) is 14.7. The minimum absolute atomic E-state index is 0.0935. The molecule has 2 aromatic rings. The standard InChI is InChI=1S/C22H30N4O4/c1-28-17-3-2-16(15-4-10-29-11-5-15)18-19(17)24-20(23-18)25-21(27)26-9-6-22(14-26)7-12-30-13-8-22/h2-3,15H,4-14H2,1H3,(H2,23,24,25,27). The Labute approximate surface area is 176 Å². The minimum Gasteiger partial charge on any atom is -0.494 e. The number of carbonyl (C=O) groups is 1. The molecule has 2 N–H and O–H groups in total. The van der Waals surface area contributed by atoms with Crippen molar-refractivity contribution in [1.29, 1.82) is 0 Å². The number of hydrogen-bond acceptors (Lipinski definition) is 5. The second-order valence-electron chi connectivity index (χ2n) is 8.77. The number of hydrogen-bond donors (Lipinski definition) is 2. The zero-order valence-electron chi connectivity index (χ0n) is 17.5. The number of urea groups is 1. The topological polar surface area (TPSA) is 88.7 Å². The normalized spacial score (nSPS) is 22.0. The fourth-order valence-electron chi connectivity index (χ4n) is 5.16. The van der Waals surface area contributed by atoms with E-state index in [1.807, 2.05) is 11.0 Å². The van der Waals surface area contributed by atoms with Gasteiger partial charge < -0.3 is 24.1 Å². The largest absolute Gasteiger partial charge is 0.494 e. The zero-order chi connectivity index (χ0) is 20.6. The molecule has 1 aromatic heterocycles. The predicted molar refractivity (Wildman–Crippen MR) is 113 cm³/mol. The van der Waals surface area contributed by atoms with Crippen molar-refractivity contribution >= 4 is 23.0 Å². The number of amides is 2. The second kappa shape index (κ2) is 8.07. The molecule has 4 heterocycles. The van der Waals surface area contributed by atoms with Crippen molar-refractivity contribution in [1.82, 2.24) is 14.9 Å². The summed E-state index contributed by atoms with van der Waals surface area (Å²) < 4.78 is 16.6. The molecule has 1 aromatic carbocycles. The number of likely N-dealkylation sites (tertiary alicyclic amines) is 1. The number of H-pyrrole nitrogens is 1. The first kappa shape index (κ1) is 19.6. The Kier molecular flexibility index (Phi) is 5.28. The SMILES string of the molecule is COc1ccc(C2CCOCC2)c2nc(NC(=O)N3CCC4(CCOCC4)C3)[nH]c12. The van der Waals surface area contributed by atoms with Crippen molar-refractivity contribution in [2.45, 2.75) is 38.0 Å². The Morgan fingerprint density at radius 3 is 2.73 bits per heavy atom. The number of imidazole rings is 1. The molecule has 3 saturated heterocycles. The summed E-state index contributed by atoms with van der Waals surface area (Å²) >= 11 is 0. The van der Waals surface area contributed by atoms with Crippen molar-refractivity contribution in [2.75, 3.05) is 51.9 Å². The number of methoxy groups -OCH3 is 1. The molecule has 8 nitrogen and oxygen atoms in total. The molecule has 0 aliphatic carbocycles. The van der Waals surface area contributed by atoms with E-state index < -0.39 is 0 Å². The van der Waals surface area contributed by atoms with Crippen molar-refractivity contribution in [3.8, 4) is 5.75 Å². The van der Waals surface area contributed by atoms with E-state index in [1.165, 1.54) is 5.56 Å². The van der Waals surface area contributed by atoms with E-state index in [1.54, 1.807) is 7.11 Å². The molecule has 2 amide bonds. The Morgan fingerprint density at radius 2 is 1.97 bits per heavy atom. The lowest BCUT2D eigenvalue weighted by Gasteiger charge is -2.33. The summed E-state index contributed by atoms with van der Waals surface area (Å²) in [6.45, 7) is 4.71. The van der Waals surface area contributed by atoms with Gasteiger partial charge in [0.05, 0.1) is 12.6 Å². The number of aromatic nitrogens is 2. The molecule has 3 fully saturated rings. The van der Waals surface area contributed by atoms with Crippen LogP contribution < -0.4 is 10.1 Å². The minimum atomic E-state index is -0.0935. The van der Waals surface area contributed by atoms with Crippen LogP contribution in [0.2, 0.25) is 0 Å². The van der Waals surface area contributed by atoms with Gasteiger partial charge in [-0.2, -0.15) is 0 Å². The maximum absolute atomic E-state index is 12.9. The summed E-state index contributed by atoms with van der Waals surface area (Å²) in [5, 5.41) is 2.99. The lowest BCUT2D eigenvalue weighted by molar-refractivity contribution is 0.0211. The van der Waals surface area contributed by atoms with Gasteiger partial charge in [0, 0.05) is 39.5 Å². The summed E-state index contributed by atoms with van der Waals surface area (Å²) in [4.78, 5) is 22.9. The number of anilines is 1. The molecule has 0 atom stereocenters. The number of nitrogens with one attached hydrogen (secondary N) is 2. The summed E-state index contributed by atoms with van der Waals surface area (Å²) in [6, 6.07) is 3.98. The van der Waals surface area contributed by atoms with Crippen LogP contribution in [0.15, 0.2) is 12.1 Å². The van der Waals surface area contributed by atoms with E-state index >= 15 is 0 Å². The van der Waals surface area contributed by atoms with Crippen molar-refractivity contribution in [3.05, 3.63) is 17.7 Å². The highest BCUT2D eigenvalue weighted by atomic mass is 16.5. The van der Waals surface area contributed by atoms with E-state index in [9.17, 15) is 4.79 Å². The molecule has 5 rings (SSSR count). The average Bonchev–Trinajstić information content (AvgIpc) is 3.38. The molecule has 1 spiro atoms. The summed E-state index contributed by atoms with van der Waals surface area (Å²) in [5.74, 6) is 1.61. The van der Waals surface area contributed by atoms with Crippen LogP contribution in [-0.2, 0) is 9.47 Å². The van der Waals surface area contributed by atoms with Gasteiger partial charge in [0.25, 0.3) is 0 Å². The Morgan fingerprint density at radius 1 is 1.20 bits per heavy atom. The maximum atomic E-state index is 12.9. The molecule has 30 heavy (non-hydrogen) atoms. The summed E-state index contributed by atoms with van der Waals surface area (Å²) in [5.41, 5.74) is 3.12. The number of ether oxygens (including phenoxy) is 3. The fraction of sp³-hybridized carbons (Fsp3) is 0.636. The number of nitrogens with zero attached hydrogens (tertiary/aromatic N) is 2. The van der Waals surface area contributed by atoms with Gasteiger partial charge in [-0.15, -0.1) is 0 Å². The molecular weight excluding hydrogens is 384 g/mol. The molecule has 0 radical (unpaired) electrons. The lowest BCUT2D eigenvalue weighted by atomic mass is 9.80. The number of rotatable bonds is 3. The highest BCUT2D eigenvalue weighted by molar-refractivity contribution is 5.92. The molecule has 0 saturated carbocycles. The van der Waals surface area contributed by atoms with E-state index in [2.05, 4.69) is 16.4 Å². The zero-order valence-corrected chi connectivity index (χ0v) is 17.5. The second-order valence-corrected chi connectivity index (χ2v) is 8.77. The van der Waals surface area contributed by atoms with Crippen LogP contribution in [-0.4, -0.2) is 67.5 Å². The third-order valence-corrected chi connectivity index (χ3v) is 7.02. The first-order valence-electron chi connectivity index (χ1n) is 11.0. The Bertz CT molecular complexity index is 915. The van der Waals surface area contributed by atoms with Gasteiger partial charge in [-0.3, -0.25) is 5.32 Å². The van der Waals surface area contributed by atoms with Crippen molar-refractivity contribution < 1.29 is 19.0 Å². The van der Waals surface area contributed by atoms with E-state index in [-0.39, 0.29) is 11.4 Å². The van der Waals surface area contributed by atoms with E-state index in [0.717, 1.165) is 88.4 Å². The highest BCUT2D eigenvalue weighted by Gasteiger charge is 2.41. The predicted octanol–water partition coefficient (Wildman–Crippen LogP) is 3.50. The highest BCUT2D eigenvalue weighted by Crippen LogP contribution is 2.40. The lowest BCUT2D eigenvalue weighted by Crippen LogP contribution is -2.37. The summed E-state index contributed by atoms with van der Waals surface area (Å²) in [7, 11) is 1.65. The number of carbonyl (C=O) groups excluding carboxylic acids is 1. The third kappa shape index (κ3) is 3.63. The van der Waals surface area contributed by atoms with Crippen LogP contribution in [0.1, 0.15) is 43.6 Å². The van der Waals surface area contributed by atoms with Gasteiger partial charge >= 0.3 is 6.03 Å². The van der Waals surface area contributed by atoms with Crippen LogP contribution >= 0.6 is 0 Å². The van der Waals surface area contributed by atoms with Gasteiger partial charge in [-0.1, -0.05) is 6.07 Å². The Balaban J connectivity index is 1.36.